The van der Waals surface area contributed by atoms with Gasteiger partial charge < -0.3 is 79.3 Å². The van der Waals surface area contributed by atoms with Gasteiger partial charge in [0.15, 0.2) is 0 Å². The van der Waals surface area contributed by atoms with E-state index in [2.05, 4.69) is 72.9 Å². The maximum Gasteiger partial charge on any atom is 0.319 e. The number of carbonyl (C=O) groups excluding carboxylic acids is 11. The van der Waals surface area contributed by atoms with Crippen LogP contribution in [0, 0.1) is 5.92 Å². The second-order valence-electron chi connectivity index (χ2n) is 20.0. The van der Waals surface area contributed by atoms with E-state index in [9.17, 15) is 72.9 Å². The molecule has 3 unspecified atom stereocenters. The Labute approximate surface area is 506 Å². The minimum Gasteiger partial charge on any atom is -0.508 e. The molecule has 7 atom stereocenters. The molecule has 0 aliphatic carbocycles. The standard InChI is InChI=1S/C50H78N12O13.C4H4N6O3/c1-30(2)44(50(75)55-34(29-63)10-4-7-23-51)60-48(73)40(26-32-13-17-35(65)18-14-32)59-46(71)38(12-6-9-25-53)58-47(72)39(21-22-43(68)69)56-42(67)28-54-45(70)37(11-5-8-24-52)57-49(74)41(62-61-31(3)64)27-33-15-19-36(66)20-16-33;5-9-7-1-3(11)13-4(12)2-8-10-6/h13-20,29-30,34,37-41,44,62,65-66H,4-12,21-28,51-53H2,1-3H3,(H,54,70)(H,55,75)(H,56,67)(H,57,74)(H,58,72)(H,59,71)(H,60,73)(H,61,64)(H,68,69);1-2H2/t34-,37-,38?,39-,40-,41?,44?;/m0./s1. The average molecular weight is 1240 g/mol. The molecule has 2 aromatic carbocycles. The number of aliphatic carboxylic acids is 1. The molecule has 0 bridgehead atoms. The van der Waals surface area contributed by atoms with E-state index in [-0.39, 0.29) is 50.3 Å². The Bertz CT molecular complexity index is 2680. The summed E-state index contributed by atoms with van der Waals surface area (Å²) in [6, 6.07) is 3.12. The minimum atomic E-state index is -1.57. The van der Waals surface area contributed by atoms with Gasteiger partial charge in [-0.25, -0.2) is 5.43 Å². The second-order valence-corrected chi connectivity index (χ2v) is 20.0. The van der Waals surface area contributed by atoms with Crippen LogP contribution < -0.4 is 65.3 Å². The van der Waals surface area contributed by atoms with Gasteiger partial charge in [-0.05, 0) is 143 Å². The van der Waals surface area contributed by atoms with Crippen LogP contribution >= 0.6 is 0 Å². The monoisotopic (exact) mass is 1240 g/mol. The molecule has 0 fully saturated rings. The van der Waals surface area contributed by atoms with Gasteiger partial charge in [-0.2, -0.15) is 0 Å². The van der Waals surface area contributed by atoms with E-state index >= 15 is 0 Å². The molecular formula is C54H82N18O16. The van der Waals surface area contributed by atoms with Crippen molar-refractivity contribution in [2.75, 3.05) is 39.3 Å². The number of phenolic OH excluding ortho intramolecular Hbond substituents is 2. The zero-order chi connectivity index (χ0) is 66.0. The molecule has 0 saturated carbocycles. The van der Waals surface area contributed by atoms with Gasteiger partial charge >= 0.3 is 17.9 Å². The van der Waals surface area contributed by atoms with Gasteiger partial charge in [-0.3, -0.25) is 58.2 Å². The number of azide groups is 2. The highest BCUT2D eigenvalue weighted by molar-refractivity contribution is 5.97. The first-order valence-electron chi connectivity index (χ1n) is 28.1. The van der Waals surface area contributed by atoms with Crippen molar-refractivity contribution in [3.8, 4) is 11.5 Å². The quantitative estimate of drug-likeness (QED) is 0.00538. The van der Waals surface area contributed by atoms with Crippen LogP contribution in [0.4, 0.5) is 0 Å². The van der Waals surface area contributed by atoms with Crippen LogP contribution in [-0.2, 0) is 75.1 Å². The van der Waals surface area contributed by atoms with Crippen LogP contribution in [0.3, 0.4) is 0 Å². The van der Waals surface area contributed by atoms with Gasteiger partial charge in [0, 0.05) is 29.6 Å². The number of phenols is 2. The first-order chi connectivity index (χ1) is 41.9. The lowest BCUT2D eigenvalue weighted by Crippen LogP contribution is -2.60. The maximum absolute atomic E-state index is 14.2. The summed E-state index contributed by atoms with van der Waals surface area (Å²) in [5.41, 5.74) is 38.7. The molecule has 0 aliphatic heterocycles. The van der Waals surface area contributed by atoms with Crippen LogP contribution in [0.5, 0.6) is 11.5 Å². The number of nitrogens with zero attached hydrogens (tertiary/aromatic N) is 6. The average Bonchev–Trinajstić information content (AvgIpc) is 3.70. The first-order valence-corrected chi connectivity index (χ1v) is 28.1. The molecule has 18 N–H and O–H groups in total. The molecule has 0 aromatic heterocycles. The summed E-state index contributed by atoms with van der Waals surface area (Å²) in [6.45, 7) is 3.59. The number of nitrogens with two attached hydrogens (primary N) is 3. The number of hydrazine groups is 1. The van der Waals surface area contributed by atoms with Gasteiger partial charge in [0.25, 0.3) is 0 Å². The molecule has 8 amide bonds. The Balaban J connectivity index is 0.00000264. The highest BCUT2D eigenvalue weighted by atomic mass is 16.6. The Hall–Kier alpha value is -9.46. The number of aromatic hydroxyl groups is 2. The Morgan fingerprint density at radius 2 is 1.00 bits per heavy atom. The van der Waals surface area contributed by atoms with Crippen LogP contribution in [0.1, 0.15) is 103 Å². The van der Waals surface area contributed by atoms with E-state index in [0.717, 1.165) is 0 Å². The van der Waals surface area contributed by atoms with E-state index in [1.165, 1.54) is 43.3 Å². The van der Waals surface area contributed by atoms with Crippen molar-refractivity contribution in [2.45, 2.75) is 147 Å². The van der Waals surface area contributed by atoms with Gasteiger partial charge in [-0.1, -0.05) is 48.3 Å². The lowest BCUT2D eigenvalue weighted by Gasteiger charge is -2.28. The third kappa shape index (κ3) is 33.3. The number of carboxylic acid groups (broad SMARTS) is 1. The Kier molecular flexibility index (Phi) is 38.3. The number of nitrogens with one attached hydrogen (secondary N) is 9. The van der Waals surface area contributed by atoms with Crippen molar-refractivity contribution in [1.82, 2.24) is 48.1 Å². The fraction of sp³-hybridized carbons (Fsp3) is 0.556. The number of hydrogen-bond acceptors (Lipinski definition) is 21. The topological polar surface area (TPSA) is 559 Å². The van der Waals surface area contributed by atoms with Gasteiger partial charge in [0.1, 0.15) is 67.1 Å². The molecule has 0 radical (unpaired) electrons. The van der Waals surface area contributed by atoms with Crippen molar-refractivity contribution >= 4 is 71.5 Å². The molecule has 0 heterocycles. The fourth-order valence-corrected chi connectivity index (χ4v) is 7.87. The number of unbranched alkanes of at least 4 members (excludes halogenated alkanes) is 3. The van der Waals surface area contributed by atoms with E-state index in [1.54, 1.807) is 26.0 Å². The van der Waals surface area contributed by atoms with E-state index < -0.39 is 146 Å². The summed E-state index contributed by atoms with van der Waals surface area (Å²) in [7, 11) is 0. The smallest absolute Gasteiger partial charge is 0.319 e. The lowest BCUT2D eigenvalue weighted by atomic mass is 9.99. The number of esters is 2. The van der Waals surface area contributed by atoms with E-state index in [4.69, 9.17) is 28.3 Å². The first kappa shape index (κ1) is 76.6. The van der Waals surface area contributed by atoms with Crippen molar-refractivity contribution in [1.29, 1.82) is 0 Å². The van der Waals surface area contributed by atoms with Crippen molar-refractivity contribution in [3.63, 3.8) is 0 Å². The number of rotatable bonds is 41. The Morgan fingerprint density at radius 1 is 0.568 bits per heavy atom. The zero-order valence-electron chi connectivity index (χ0n) is 49.3. The number of carboxylic acids is 1. The van der Waals surface area contributed by atoms with E-state index in [1.807, 2.05) is 0 Å². The highest BCUT2D eigenvalue weighted by Gasteiger charge is 2.34. The van der Waals surface area contributed by atoms with Crippen LogP contribution in [0.15, 0.2) is 58.8 Å². The third-order valence-electron chi connectivity index (χ3n) is 12.5. The van der Waals surface area contributed by atoms with Crippen molar-refractivity contribution in [2.24, 2.45) is 33.3 Å². The molecule has 484 valence electrons. The second kappa shape index (κ2) is 44.1. The fourth-order valence-electron chi connectivity index (χ4n) is 7.87. The largest absolute Gasteiger partial charge is 0.508 e. The summed E-state index contributed by atoms with van der Waals surface area (Å²) in [5.74, 6) is -10.1. The summed E-state index contributed by atoms with van der Waals surface area (Å²) in [4.78, 5) is 157. The number of aldehydes is 1. The summed E-state index contributed by atoms with van der Waals surface area (Å²) >= 11 is 0. The van der Waals surface area contributed by atoms with Crippen LogP contribution in [-0.4, -0.2) is 168 Å². The summed E-state index contributed by atoms with van der Waals surface area (Å²) in [5, 5.41) is 52.9. The summed E-state index contributed by atoms with van der Waals surface area (Å²) < 4.78 is 4.05. The number of carbonyl (C=O) groups is 12. The van der Waals surface area contributed by atoms with Crippen molar-refractivity contribution < 1.29 is 77.6 Å². The molecule has 2 rings (SSSR count). The number of benzene rings is 2. The molecule has 88 heavy (non-hydrogen) atoms. The Morgan fingerprint density at radius 3 is 1.44 bits per heavy atom. The molecule has 34 heteroatoms. The number of amides is 8. The molecular weight excluding hydrogens is 1160 g/mol. The van der Waals surface area contributed by atoms with Gasteiger partial charge in [0.05, 0.1) is 12.6 Å². The third-order valence-corrected chi connectivity index (χ3v) is 12.5. The highest BCUT2D eigenvalue weighted by Crippen LogP contribution is 2.15. The molecule has 2 aromatic rings. The maximum atomic E-state index is 14.2. The predicted octanol–water partition coefficient (Wildman–Crippen LogP) is -1.30. The predicted molar refractivity (Wildman–Crippen MR) is 315 cm³/mol. The van der Waals surface area contributed by atoms with Crippen LogP contribution in [0.25, 0.3) is 20.9 Å². The van der Waals surface area contributed by atoms with Crippen LogP contribution in [0.2, 0.25) is 0 Å². The van der Waals surface area contributed by atoms with Gasteiger partial charge in [0.2, 0.25) is 47.3 Å². The number of ether oxygens (including phenoxy) is 1. The molecule has 0 spiro atoms. The molecule has 34 nitrogen and oxygen atoms in total. The zero-order valence-corrected chi connectivity index (χ0v) is 49.3. The normalized spacial score (nSPS) is 12.9. The van der Waals surface area contributed by atoms with Gasteiger partial charge in [-0.15, -0.1) is 0 Å². The molecule has 0 aliphatic rings. The minimum absolute atomic E-state index is 0.00655. The van der Waals surface area contributed by atoms with E-state index in [0.29, 0.717) is 68.9 Å². The SMILES string of the molecule is CC(=O)NNC(Cc1ccc(O)cc1)C(=O)N[C@@H](CCCCN)C(=O)NCC(=O)N[C@@H](CCC(=O)O)C(=O)NC(CCCCN)C(=O)N[C@@H](Cc1ccc(O)cc1)C(=O)NC(C(=O)N[C@H](C=O)CCCCN)C(C)C.[N-]=[N+]=NCC(=O)OC(=O)CN=[N+]=[N-]. The summed E-state index contributed by atoms with van der Waals surface area (Å²) in [6.07, 6.45) is 2.56. The molecule has 0 saturated heterocycles. The van der Waals surface area contributed by atoms with Crippen molar-refractivity contribution in [3.05, 3.63) is 80.5 Å². The number of hydrogen-bond donors (Lipinski definition) is 15. The lowest BCUT2D eigenvalue weighted by molar-refractivity contribution is -0.157.